The molecule has 112 valence electrons. The van der Waals surface area contributed by atoms with Crippen LogP contribution in [0, 0.1) is 10.1 Å². The highest BCUT2D eigenvalue weighted by molar-refractivity contribution is 5.84. The zero-order chi connectivity index (χ0) is 15.5. The fourth-order valence-corrected chi connectivity index (χ4v) is 2.90. The van der Waals surface area contributed by atoms with Crippen molar-refractivity contribution in [1.29, 1.82) is 0 Å². The Labute approximate surface area is 128 Å². The summed E-state index contributed by atoms with van der Waals surface area (Å²) in [5, 5.41) is 12.2. The van der Waals surface area contributed by atoms with Crippen molar-refractivity contribution in [2.45, 2.75) is 19.3 Å². The molecule has 0 aliphatic rings. The molecule has 22 heavy (non-hydrogen) atoms. The Morgan fingerprint density at radius 2 is 1.86 bits per heavy atom. The summed E-state index contributed by atoms with van der Waals surface area (Å²) in [6, 6.07) is 16.0. The maximum Gasteiger partial charge on any atom is 0.214 e. The number of H-pyrrole nitrogens is 1. The van der Waals surface area contributed by atoms with Crippen LogP contribution in [0.3, 0.4) is 0 Å². The summed E-state index contributed by atoms with van der Waals surface area (Å²) in [6.45, 7) is 2.00. The molecule has 0 aliphatic heterocycles. The van der Waals surface area contributed by atoms with Gasteiger partial charge in [-0.25, -0.2) is 0 Å². The minimum absolute atomic E-state index is 0.104. The molecule has 1 atom stereocenters. The van der Waals surface area contributed by atoms with E-state index >= 15 is 0 Å². The van der Waals surface area contributed by atoms with Gasteiger partial charge in [-0.3, -0.25) is 10.1 Å². The smallest absolute Gasteiger partial charge is 0.214 e. The molecule has 3 aromatic rings. The van der Waals surface area contributed by atoms with Crippen LogP contribution in [0.25, 0.3) is 10.9 Å². The quantitative estimate of drug-likeness (QED) is 0.568. The molecule has 0 bridgehead atoms. The summed E-state index contributed by atoms with van der Waals surface area (Å²) in [5.41, 5.74) is 4.22. The first kappa shape index (κ1) is 14.3. The van der Waals surface area contributed by atoms with Gasteiger partial charge in [0.15, 0.2) is 0 Å². The van der Waals surface area contributed by atoms with Crippen LogP contribution >= 0.6 is 0 Å². The Balaban J connectivity index is 2.07. The number of benzene rings is 2. The Kier molecular flexibility index (Phi) is 3.92. The minimum Gasteiger partial charge on any atom is -0.361 e. The van der Waals surface area contributed by atoms with Crippen molar-refractivity contribution in [3.05, 3.63) is 81.5 Å². The SMILES string of the molecule is CCc1ccc([C@@H](C[N+](=O)[O-])c2c[nH]c3ccccc23)cc1. The first-order valence-electron chi connectivity index (χ1n) is 7.45. The van der Waals surface area contributed by atoms with Crippen molar-refractivity contribution in [3.63, 3.8) is 0 Å². The second kappa shape index (κ2) is 6.02. The van der Waals surface area contributed by atoms with Gasteiger partial charge in [0.25, 0.3) is 0 Å². The number of para-hydroxylation sites is 1. The topological polar surface area (TPSA) is 58.9 Å². The monoisotopic (exact) mass is 294 g/mol. The molecule has 4 heteroatoms. The molecular formula is C18H18N2O2. The van der Waals surface area contributed by atoms with Crippen molar-refractivity contribution in [2.75, 3.05) is 6.54 Å². The third-order valence-electron chi connectivity index (χ3n) is 4.12. The molecule has 1 heterocycles. The number of hydrogen-bond donors (Lipinski definition) is 1. The van der Waals surface area contributed by atoms with Gasteiger partial charge in [-0.15, -0.1) is 0 Å². The van der Waals surface area contributed by atoms with Crippen molar-refractivity contribution in [3.8, 4) is 0 Å². The number of nitrogens with zero attached hydrogens (tertiary/aromatic N) is 1. The van der Waals surface area contributed by atoms with Gasteiger partial charge in [-0.05, 0) is 29.2 Å². The van der Waals surface area contributed by atoms with E-state index in [0.29, 0.717) is 0 Å². The van der Waals surface area contributed by atoms with E-state index < -0.39 is 0 Å². The van der Waals surface area contributed by atoms with E-state index in [1.165, 1.54) is 5.56 Å². The number of nitro groups is 1. The summed E-state index contributed by atoms with van der Waals surface area (Å²) in [7, 11) is 0. The van der Waals surface area contributed by atoms with Crippen molar-refractivity contribution in [2.24, 2.45) is 0 Å². The highest BCUT2D eigenvalue weighted by atomic mass is 16.6. The zero-order valence-electron chi connectivity index (χ0n) is 12.5. The highest BCUT2D eigenvalue weighted by Crippen LogP contribution is 2.31. The Bertz CT molecular complexity index is 790. The molecule has 1 N–H and O–H groups in total. The Hall–Kier alpha value is -2.62. The molecule has 1 aromatic heterocycles. The molecule has 4 nitrogen and oxygen atoms in total. The van der Waals surface area contributed by atoms with Crippen LogP contribution in [0.1, 0.15) is 29.5 Å². The van der Waals surface area contributed by atoms with Crippen molar-refractivity contribution < 1.29 is 4.92 Å². The standard InChI is InChI=1S/C18H18N2O2/c1-2-13-7-9-14(10-8-13)17(12-20(21)22)16-11-19-18-6-4-3-5-15(16)18/h3-11,17,19H,2,12H2,1H3/t17-/m1/s1. The summed E-state index contributed by atoms with van der Waals surface area (Å²) in [4.78, 5) is 14.1. The van der Waals surface area contributed by atoms with E-state index in [2.05, 4.69) is 24.0 Å². The molecule has 0 unspecified atom stereocenters. The van der Waals surface area contributed by atoms with Crippen LogP contribution in [0.2, 0.25) is 0 Å². The molecule has 2 aromatic carbocycles. The average molecular weight is 294 g/mol. The third-order valence-corrected chi connectivity index (χ3v) is 4.12. The fourth-order valence-electron chi connectivity index (χ4n) is 2.90. The minimum atomic E-state index is -0.239. The molecule has 3 rings (SSSR count). The lowest BCUT2D eigenvalue weighted by molar-refractivity contribution is -0.481. The first-order valence-corrected chi connectivity index (χ1v) is 7.45. The summed E-state index contributed by atoms with van der Waals surface area (Å²) in [5.74, 6) is -0.239. The Morgan fingerprint density at radius 1 is 1.14 bits per heavy atom. The maximum absolute atomic E-state index is 11.1. The van der Waals surface area contributed by atoms with Gasteiger partial charge in [-0.1, -0.05) is 49.4 Å². The lowest BCUT2D eigenvalue weighted by Crippen LogP contribution is -2.13. The fraction of sp³-hybridized carbons (Fsp3) is 0.222. The highest BCUT2D eigenvalue weighted by Gasteiger charge is 2.23. The van der Waals surface area contributed by atoms with E-state index in [-0.39, 0.29) is 17.4 Å². The molecule has 0 spiro atoms. The second-order valence-electron chi connectivity index (χ2n) is 5.45. The van der Waals surface area contributed by atoms with Gasteiger partial charge in [0.05, 0.1) is 5.92 Å². The van der Waals surface area contributed by atoms with Crippen LogP contribution < -0.4 is 0 Å². The van der Waals surface area contributed by atoms with E-state index in [9.17, 15) is 10.1 Å². The van der Waals surface area contributed by atoms with Crippen LogP contribution in [-0.2, 0) is 6.42 Å². The summed E-state index contributed by atoms with van der Waals surface area (Å²) < 4.78 is 0. The van der Waals surface area contributed by atoms with E-state index in [0.717, 1.165) is 28.5 Å². The van der Waals surface area contributed by atoms with E-state index in [1.807, 2.05) is 42.6 Å². The van der Waals surface area contributed by atoms with Crippen LogP contribution in [-0.4, -0.2) is 16.5 Å². The van der Waals surface area contributed by atoms with Gasteiger partial charge in [0, 0.05) is 22.0 Å². The first-order chi connectivity index (χ1) is 10.7. The van der Waals surface area contributed by atoms with Gasteiger partial charge in [-0.2, -0.15) is 0 Å². The Morgan fingerprint density at radius 3 is 2.55 bits per heavy atom. The van der Waals surface area contributed by atoms with Crippen molar-refractivity contribution in [1.82, 2.24) is 4.98 Å². The van der Waals surface area contributed by atoms with Gasteiger partial charge in [0.1, 0.15) is 0 Å². The van der Waals surface area contributed by atoms with Crippen LogP contribution in [0.15, 0.2) is 54.7 Å². The number of aromatic amines is 1. The predicted octanol–water partition coefficient (Wildman–Crippen LogP) is 4.14. The average Bonchev–Trinajstić information content (AvgIpc) is 2.96. The lowest BCUT2D eigenvalue weighted by atomic mass is 9.90. The molecule has 0 saturated heterocycles. The molecule has 0 fully saturated rings. The largest absolute Gasteiger partial charge is 0.361 e. The number of hydrogen-bond acceptors (Lipinski definition) is 2. The summed E-state index contributed by atoms with van der Waals surface area (Å²) >= 11 is 0. The zero-order valence-corrected chi connectivity index (χ0v) is 12.5. The molecule has 0 radical (unpaired) electrons. The number of aryl methyl sites for hydroxylation is 1. The van der Waals surface area contributed by atoms with Gasteiger partial charge < -0.3 is 4.98 Å². The van der Waals surface area contributed by atoms with Crippen molar-refractivity contribution >= 4 is 10.9 Å². The van der Waals surface area contributed by atoms with E-state index in [4.69, 9.17) is 0 Å². The predicted molar refractivity (Wildman–Crippen MR) is 87.8 cm³/mol. The van der Waals surface area contributed by atoms with Crippen LogP contribution in [0.4, 0.5) is 0 Å². The molecule has 0 saturated carbocycles. The molecule has 0 aliphatic carbocycles. The van der Waals surface area contributed by atoms with Gasteiger partial charge >= 0.3 is 0 Å². The van der Waals surface area contributed by atoms with E-state index in [1.54, 1.807) is 0 Å². The number of fused-ring (bicyclic) bond motifs is 1. The maximum atomic E-state index is 11.1. The number of nitrogens with one attached hydrogen (secondary N) is 1. The second-order valence-corrected chi connectivity index (χ2v) is 5.45. The molecule has 0 amide bonds. The number of rotatable bonds is 5. The number of aromatic nitrogens is 1. The molecular weight excluding hydrogens is 276 g/mol. The lowest BCUT2D eigenvalue weighted by Gasteiger charge is -2.13. The third kappa shape index (κ3) is 2.72. The van der Waals surface area contributed by atoms with Crippen LogP contribution in [0.5, 0.6) is 0 Å². The normalized spacial score (nSPS) is 12.4. The van der Waals surface area contributed by atoms with Gasteiger partial charge in [0.2, 0.25) is 6.54 Å². The summed E-state index contributed by atoms with van der Waals surface area (Å²) in [6.07, 6.45) is 2.86.